The van der Waals surface area contributed by atoms with Crippen molar-refractivity contribution in [1.29, 1.82) is 0 Å². The van der Waals surface area contributed by atoms with E-state index in [-0.39, 0.29) is 0 Å². The molecule has 0 saturated carbocycles. The summed E-state index contributed by atoms with van der Waals surface area (Å²) in [5.41, 5.74) is 8.46. The van der Waals surface area contributed by atoms with E-state index in [4.69, 9.17) is 9.40 Å². The van der Waals surface area contributed by atoms with Gasteiger partial charge in [0, 0.05) is 17.0 Å². The van der Waals surface area contributed by atoms with Gasteiger partial charge in [-0.3, -0.25) is 9.55 Å². The molecule has 4 heteroatoms. The second-order valence-corrected chi connectivity index (χ2v) is 9.51. The number of hydrogen-bond acceptors (Lipinski definition) is 3. The van der Waals surface area contributed by atoms with E-state index in [0.717, 1.165) is 44.4 Å². The van der Waals surface area contributed by atoms with Crippen molar-refractivity contribution in [1.82, 2.24) is 14.5 Å². The molecule has 6 aromatic rings. The monoisotopic (exact) mass is 445 g/mol. The highest BCUT2D eigenvalue weighted by molar-refractivity contribution is 6.09. The first kappa shape index (κ1) is 20.7. The molecule has 0 saturated heterocycles. The molecule has 6 rings (SSSR count). The molecular weight excluding hydrogens is 418 g/mol. The van der Waals surface area contributed by atoms with Crippen molar-refractivity contribution in [3.05, 3.63) is 90.3 Å². The molecule has 168 valence electrons. The fourth-order valence-corrected chi connectivity index (χ4v) is 5.02. The standard InChI is InChI=1S/C30H27N3O/c1-18(2)20-10-7-11-21(19(3)4)28(20)33-26-17-31-16-15-25(26)32-30(33)24-13-8-12-23-22-9-5-6-14-27(22)34-29(23)24/h5-19H,1-4H3. The average molecular weight is 446 g/mol. The Balaban J connectivity index is 1.77. The minimum absolute atomic E-state index is 0.359. The Hall–Kier alpha value is -3.92. The number of aromatic nitrogens is 3. The lowest BCUT2D eigenvalue weighted by molar-refractivity contribution is 0.669. The van der Waals surface area contributed by atoms with E-state index < -0.39 is 0 Å². The number of rotatable bonds is 4. The number of furan rings is 1. The summed E-state index contributed by atoms with van der Waals surface area (Å²) in [4.78, 5) is 9.61. The van der Waals surface area contributed by atoms with E-state index in [1.54, 1.807) is 0 Å². The molecule has 0 N–H and O–H groups in total. The van der Waals surface area contributed by atoms with E-state index in [1.807, 2.05) is 30.6 Å². The van der Waals surface area contributed by atoms with Crippen molar-refractivity contribution in [2.24, 2.45) is 0 Å². The van der Waals surface area contributed by atoms with Crippen LogP contribution in [-0.4, -0.2) is 14.5 Å². The topological polar surface area (TPSA) is 43.9 Å². The van der Waals surface area contributed by atoms with Gasteiger partial charge in [0.25, 0.3) is 0 Å². The Bertz CT molecular complexity index is 1640. The third kappa shape index (κ3) is 3.06. The van der Waals surface area contributed by atoms with Gasteiger partial charge in [0.05, 0.1) is 28.5 Å². The van der Waals surface area contributed by atoms with Crippen LogP contribution in [0.4, 0.5) is 0 Å². The number of hydrogen-bond donors (Lipinski definition) is 0. The highest BCUT2D eigenvalue weighted by Crippen LogP contribution is 2.40. The van der Waals surface area contributed by atoms with Crippen LogP contribution >= 0.6 is 0 Å². The van der Waals surface area contributed by atoms with E-state index in [9.17, 15) is 0 Å². The summed E-state index contributed by atoms with van der Waals surface area (Å²) in [5.74, 6) is 1.60. The maximum absolute atomic E-state index is 6.41. The van der Waals surface area contributed by atoms with Gasteiger partial charge in [-0.1, -0.05) is 76.2 Å². The van der Waals surface area contributed by atoms with Crippen LogP contribution in [0.3, 0.4) is 0 Å². The molecule has 4 nitrogen and oxygen atoms in total. The third-order valence-electron chi connectivity index (χ3n) is 6.67. The van der Waals surface area contributed by atoms with Crippen LogP contribution in [-0.2, 0) is 0 Å². The molecule has 3 aromatic heterocycles. The maximum atomic E-state index is 6.41. The van der Waals surface area contributed by atoms with Gasteiger partial charge in [-0.15, -0.1) is 0 Å². The molecule has 34 heavy (non-hydrogen) atoms. The SMILES string of the molecule is CC(C)c1cccc(C(C)C)c1-n1c(-c2cccc3c2oc2ccccc23)nc2ccncc21. The summed E-state index contributed by atoms with van der Waals surface area (Å²) < 4.78 is 8.71. The number of imidazole rings is 1. The minimum atomic E-state index is 0.359. The molecule has 0 atom stereocenters. The molecule has 0 aliphatic carbocycles. The van der Waals surface area contributed by atoms with Crippen LogP contribution in [0.2, 0.25) is 0 Å². The molecule has 0 spiro atoms. The molecule has 0 bridgehead atoms. The predicted molar refractivity (Wildman–Crippen MR) is 140 cm³/mol. The Morgan fingerprint density at radius 2 is 1.47 bits per heavy atom. The Morgan fingerprint density at radius 1 is 0.765 bits per heavy atom. The van der Waals surface area contributed by atoms with Crippen LogP contribution in [0, 0.1) is 0 Å². The third-order valence-corrected chi connectivity index (χ3v) is 6.67. The predicted octanol–water partition coefficient (Wildman–Crippen LogP) is 8.23. The summed E-state index contributed by atoms with van der Waals surface area (Å²) in [6.07, 6.45) is 3.73. The molecular formula is C30H27N3O. The zero-order valence-corrected chi connectivity index (χ0v) is 19.9. The molecule has 0 unspecified atom stereocenters. The first-order chi connectivity index (χ1) is 16.5. The van der Waals surface area contributed by atoms with Crippen molar-refractivity contribution >= 4 is 33.0 Å². The van der Waals surface area contributed by atoms with Crippen LogP contribution in [0.25, 0.3) is 50.0 Å². The van der Waals surface area contributed by atoms with Crippen LogP contribution < -0.4 is 0 Å². The van der Waals surface area contributed by atoms with E-state index >= 15 is 0 Å². The van der Waals surface area contributed by atoms with Gasteiger partial charge in [-0.05, 0) is 41.2 Å². The largest absolute Gasteiger partial charge is 0.455 e. The number of nitrogens with zero attached hydrogens (tertiary/aromatic N) is 3. The Kier molecular flexibility index (Phi) is 4.77. The van der Waals surface area contributed by atoms with Crippen molar-refractivity contribution in [2.45, 2.75) is 39.5 Å². The van der Waals surface area contributed by atoms with Gasteiger partial charge in [0.15, 0.2) is 0 Å². The second kappa shape index (κ2) is 7.84. The van der Waals surface area contributed by atoms with E-state index in [1.165, 1.54) is 16.8 Å². The summed E-state index contributed by atoms with van der Waals surface area (Å²) in [6.45, 7) is 9.00. The maximum Gasteiger partial charge on any atom is 0.149 e. The van der Waals surface area contributed by atoms with Crippen LogP contribution in [0.1, 0.15) is 50.7 Å². The number of pyridine rings is 1. The van der Waals surface area contributed by atoms with Crippen LogP contribution in [0.15, 0.2) is 83.5 Å². The molecule has 0 radical (unpaired) electrons. The fourth-order valence-electron chi connectivity index (χ4n) is 5.02. The van der Waals surface area contributed by atoms with Gasteiger partial charge >= 0.3 is 0 Å². The lowest BCUT2D eigenvalue weighted by Gasteiger charge is -2.22. The van der Waals surface area contributed by atoms with E-state index in [0.29, 0.717) is 11.8 Å². The Morgan fingerprint density at radius 3 is 2.24 bits per heavy atom. The first-order valence-electron chi connectivity index (χ1n) is 11.9. The highest BCUT2D eigenvalue weighted by Gasteiger charge is 2.24. The number of fused-ring (bicyclic) bond motifs is 4. The average Bonchev–Trinajstić information content (AvgIpc) is 3.42. The molecule has 3 heterocycles. The lowest BCUT2D eigenvalue weighted by Crippen LogP contribution is -2.08. The smallest absolute Gasteiger partial charge is 0.149 e. The minimum Gasteiger partial charge on any atom is -0.455 e. The second-order valence-electron chi connectivity index (χ2n) is 9.51. The zero-order chi connectivity index (χ0) is 23.4. The summed E-state index contributed by atoms with van der Waals surface area (Å²) >= 11 is 0. The molecule has 3 aromatic carbocycles. The van der Waals surface area contributed by atoms with Gasteiger partial charge in [-0.25, -0.2) is 4.98 Å². The van der Waals surface area contributed by atoms with Crippen molar-refractivity contribution in [3.63, 3.8) is 0 Å². The number of para-hydroxylation sites is 3. The quantitative estimate of drug-likeness (QED) is 0.274. The van der Waals surface area contributed by atoms with Crippen molar-refractivity contribution in [2.75, 3.05) is 0 Å². The summed E-state index contributed by atoms with van der Waals surface area (Å²) in [6, 6.07) is 23.2. The first-order valence-corrected chi connectivity index (χ1v) is 11.9. The van der Waals surface area contributed by atoms with Gasteiger partial charge < -0.3 is 4.42 Å². The highest BCUT2D eigenvalue weighted by atomic mass is 16.3. The van der Waals surface area contributed by atoms with Crippen LogP contribution in [0.5, 0.6) is 0 Å². The van der Waals surface area contributed by atoms with E-state index in [2.05, 4.69) is 85.8 Å². The molecule has 0 aliphatic heterocycles. The zero-order valence-electron chi connectivity index (χ0n) is 19.9. The number of benzene rings is 3. The van der Waals surface area contributed by atoms with Crippen molar-refractivity contribution in [3.8, 4) is 17.1 Å². The molecule has 0 amide bonds. The van der Waals surface area contributed by atoms with Crippen molar-refractivity contribution < 1.29 is 4.42 Å². The van der Waals surface area contributed by atoms with Gasteiger partial charge in [0.2, 0.25) is 0 Å². The summed E-state index contributed by atoms with van der Waals surface area (Å²) in [7, 11) is 0. The van der Waals surface area contributed by atoms with Gasteiger partial charge in [-0.2, -0.15) is 0 Å². The summed E-state index contributed by atoms with van der Waals surface area (Å²) in [5, 5.41) is 2.22. The van der Waals surface area contributed by atoms with Gasteiger partial charge in [0.1, 0.15) is 17.0 Å². The molecule has 0 aliphatic rings. The Labute approximate surface area is 198 Å². The fraction of sp³-hybridized carbons (Fsp3) is 0.200. The molecule has 0 fully saturated rings. The lowest BCUT2D eigenvalue weighted by atomic mass is 9.92. The normalized spacial score (nSPS) is 12.1.